The molecule has 1 amide bonds. The number of hydrogen-bond donors (Lipinski definition) is 2. The monoisotopic (exact) mass is 242 g/mol. The number of carbonyl (C=O) groups excluding carboxylic acids is 1. The molecular weight excluding hydrogens is 220 g/mol. The van der Waals surface area contributed by atoms with E-state index in [1.165, 1.54) is 5.57 Å². The maximum Gasteiger partial charge on any atom is 0.422 e. The van der Waals surface area contributed by atoms with Gasteiger partial charge in [0.2, 0.25) is 0 Å². The van der Waals surface area contributed by atoms with Gasteiger partial charge in [-0.15, -0.1) is 0 Å². The summed E-state index contributed by atoms with van der Waals surface area (Å²) < 4.78 is 5.17. The number of carbonyl (C=O) groups is 1. The van der Waals surface area contributed by atoms with Gasteiger partial charge in [-0.3, -0.25) is 5.43 Å². The summed E-state index contributed by atoms with van der Waals surface area (Å²) >= 11 is 0. The molecule has 1 aliphatic heterocycles. The molecule has 0 bridgehead atoms. The number of rotatable bonds is 2. The van der Waals surface area contributed by atoms with E-state index in [9.17, 15) is 4.79 Å². The highest BCUT2D eigenvalue weighted by Crippen LogP contribution is 2.14. The second kappa shape index (κ2) is 6.02. The van der Waals surface area contributed by atoms with Gasteiger partial charge in [-0.1, -0.05) is 11.6 Å². The van der Waals surface area contributed by atoms with Crippen molar-refractivity contribution in [1.29, 1.82) is 0 Å². The molecule has 98 valence electrons. The summed E-state index contributed by atoms with van der Waals surface area (Å²) in [5.74, 6) is 0. The van der Waals surface area contributed by atoms with Gasteiger partial charge >= 0.3 is 6.09 Å². The first-order chi connectivity index (χ1) is 7.90. The number of nitrogens with zero attached hydrogens (tertiary/aromatic N) is 1. The minimum absolute atomic E-state index is 0.0921. The summed E-state index contributed by atoms with van der Waals surface area (Å²) in [6, 6.07) is 0. The molecule has 0 radical (unpaired) electrons. The lowest BCUT2D eigenvalue weighted by Crippen LogP contribution is -2.47. The summed E-state index contributed by atoms with van der Waals surface area (Å²) in [7, 11) is 0. The number of ether oxygens (including phenoxy) is 1. The lowest BCUT2D eigenvalue weighted by atomic mass is 10.1. The summed E-state index contributed by atoms with van der Waals surface area (Å²) in [6.45, 7) is 7.12. The van der Waals surface area contributed by atoms with Gasteiger partial charge in [0, 0.05) is 13.1 Å². The van der Waals surface area contributed by atoms with Crippen LogP contribution in [0.25, 0.3) is 0 Å². The molecule has 0 saturated carbocycles. The second-order valence-corrected chi connectivity index (χ2v) is 5.15. The molecule has 1 aliphatic rings. The van der Waals surface area contributed by atoms with Crippen molar-refractivity contribution in [3.63, 3.8) is 0 Å². The van der Waals surface area contributed by atoms with Crippen molar-refractivity contribution in [3.05, 3.63) is 11.6 Å². The average molecular weight is 242 g/mol. The molecule has 0 spiro atoms. The molecular formula is C12H22N2O3. The highest BCUT2D eigenvalue weighted by atomic mass is 16.6. The molecule has 0 aromatic rings. The molecule has 1 fully saturated rings. The maximum absolute atomic E-state index is 11.5. The van der Waals surface area contributed by atoms with Gasteiger partial charge in [0.1, 0.15) is 5.60 Å². The zero-order chi connectivity index (χ0) is 12.9. The Balaban J connectivity index is 2.31. The fraction of sp³-hybridized carbons (Fsp3) is 0.750. The molecule has 0 aliphatic carbocycles. The number of aliphatic hydroxyl groups excluding tert-OH is 1. The Labute approximate surface area is 102 Å². The number of hydrogen-bond acceptors (Lipinski definition) is 4. The summed E-state index contributed by atoms with van der Waals surface area (Å²) in [4.78, 5) is 11.5. The van der Waals surface area contributed by atoms with Crippen molar-refractivity contribution in [3.8, 4) is 0 Å². The maximum atomic E-state index is 11.5. The third-order valence-corrected chi connectivity index (χ3v) is 2.43. The predicted octanol–water partition coefficient (Wildman–Crippen LogP) is 1.44. The molecule has 17 heavy (non-hydrogen) atoms. The Morgan fingerprint density at radius 1 is 1.47 bits per heavy atom. The van der Waals surface area contributed by atoms with Gasteiger partial charge in [-0.2, -0.15) is 0 Å². The fourth-order valence-corrected chi connectivity index (χ4v) is 1.67. The number of hydrazine groups is 1. The molecule has 5 heteroatoms. The van der Waals surface area contributed by atoms with E-state index < -0.39 is 11.7 Å². The molecule has 1 heterocycles. The zero-order valence-corrected chi connectivity index (χ0v) is 10.8. The summed E-state index contributed by atoms with van der Waals surface area (Å²) in [5, 5.41) is 10.6. The number of nitrogens with one attached hydrogen (secondary N) is 1. The van der Waals surface area contributed by atoms with Crippen molar-refractivity contribution in [2.75, 3.05) is 19.7 Å². The van der Waals surface area contributed by atoms with Crippen LogP contribution in [0.5, 0.6) is 0 Å². The van der Waals surface area contributed by atoms with Crippen LogP contribution in [-0.2, 0) is 4.74 Å². The van der Waals surface area contributed by atoms with E-state index in [1.54, 1.807) is 0 Å². The van der Waals surface area contributed by atoms with Crippen LogP contribution in [0.1, 0.15) is 33.6 Å². The van der Waals surface area contributed by atoms with Crippen LogP contribution in [0.15, 0.2) is 11.6 Å². The van der Waals surface area contributed by atoms with E-state index in [2.05, 4.69) is 5.43 Å². The van der Waals surface area contributed by atoms with Crippen molar-refractivity contribution >= 4 is 6.09 Å². The first kappa shape index (κ1) is 14.0. The Hall–Kier alpha value is -1.07. The Morgan fingerprint density at radius 2 is 2.06 bits per heavy atom. The van der Waals surface area contributed by atoms with Crippen molar-refractivity contribution in [2.45, 2.75) is 39.2 Å². The normalized spacial score (nSPS) is 17.8. The molecule has 0 atom stereocenters. The highest BCUT2D eigenvalue weighted by Gasteiger charge is 2.20. The molecule has 0 aromatic heterocycles. The second-order valence-electron chi connectivity index (χ2n) is 5.15. The molecule has 0 aromatic carbocycles. The minimum Gasteiger partial charge on any atom is -0.443 e. The van der Waals surface area contributed by atoms with Crippen LogP contribution < -0.4 is 5.43 Å². The van der Waals surface area contributed by atoms with Crippen LogP contribution in [0.4, 0.5) is 4.79 Å². The lowest BCUT2D eigenvalue weighted by molar-refractivity contribution is 0.0316. The molecule has 1 saturated heterocycles. The van der Waals surface area contributed by atoms with Gasteiger partial charge in [-0.05, 0) is 33.6 Å². The molecule has 5 nitrogen and oxygen atoms in total. The average Bonchev–Trinajstić information content (AvgIpc) is 2.18. The van der Waals surface area contributed by atoms with Gasteiger partial charge < -0.3 is 9.84 Å². The van der Waals surface area contributed by atoms with Crippen LogP contribution in [0, 0.1) is 0 Å². The smallest absolute Gasteiger partial charge is 0.422 e. The lowest BCUT2D eigenvalue weighted by Gasteiger charge is -2.29. The Morgan fingerprint density at radius 3 is 2.53 bits per heavy atom. The minimum atomic E-state index is -0.470. The van der Waals surface area contributed by atoms with Gasteiger partial charge in [-0.25, -0.2) is 9.80 Å². The van der Waals surface area contributed by atoms with Crippen LogP contribution in [-0.4, -0.2) is 41.5 Å². The van der Waals surface area contributed by atoms with Gasteiger partial charge in [0.15, 0.2) is 0 Å². The summed E-state index contributed by atoms with van der Waals surface area (Å²) in [6.07, 6.45) is 3.17. The number of aliphatic hydroxyl groups is 1. The summed E-state index contributed by atoms with van der Waals surface area (Å²) in [5.41, 5.74) is 3.50. The van der Waals surface area contributed by atoms with Crippen molar-refractivity contribution in [1.82, 2.24) is 10.4 Å². The fourth-order valence-electron chi connectivity index (χ4n) is 1.67. The van der Waals surface area contributed by atoms with Gasteiger partial charge in [0.05, 0.1) is 6.61 Å². The van der Waals surface area contributed by atoms with Crippen LogP contribution in [0.3, 0.4) is 0 Å². The van der Waals surface area contributed by atoms with E-state index in [1.807, 2.05) is 31.9 Å². The molecule has 1 rings (SSSR count). The largest absolute Gasteiger partial charge is 0.443 e. The first-order valence-electron chi connectivity index (χ1n) is 5.94. The third kappa shape index (κ3) is 5.70. The van der Waals surface area contributed by atoms with Gasteiger partial charge in [0.25, 0.3) is 0 Å². The Bertz CT molecular complexity index is 285. The van der Waals surface area contributed by atoms with E-state index >= 15 is 0 Å². The predicted molar refractivity (Wildman–Crippen MR) is 65.3 cm³/mol. The zero-order valence-electron chi connectivity index (χ0n) is 10.8. The standard InChI is InChI=1S/C12H22N2O3/c1-12(2,3)17-11(16)13-14-7-4-10(5-8-14)6-9-15/h6,15H,4-5,7-9H2,1-3H3,(H,13,16). The Kier molecular flexibility index (Phi) is 4.96. The number of amides is 1. The van der Waals surface area contributed by atoms with E-state index in [-0.39, 0.29) is 6.61 Å². The van der Waals surface area contributed by atoms with Crippen LogP contribution in [0.2, 0.25) is 0 Å². The highest BCUT2D eigenvalue weighted by molar-refractivity contribution is 5.67. The van der Waals surface area contributed by atoms with E-state index in [0.717, 1.165) is 25.9 Å². The number of piperidine rings is 1. The van der Waals surface area contributed by atoms with Crippen LogP contribution >= 0.6 is 0 Å². The van der Waals surface area contributed by atoms with E-state index in [0.29, 0.717) is 0 Å². The SMILES string of the molecule is CC(C)(C)OC(=O)NN1CCC(=CCO)CC1. The topological polar surface area (TPSA) is 61.8 Å². The molecule has 2 N–H and O–H groups in total. The molecule has 0 unspecified atom stereocenters. The third-order valence-electron chi connectivity index (χ3n) is 2.43. The quantitative estimate of drug-likeness (QED) is 0.719. The van der Waals surface area contributed by atoms with Crippen molar-refractivity contribution < 1.29 is 14.6 Å². The first-order valence-corrected chi connectivity index (χ1v) is 5.94. The van der Waals surface area contributed by atoms with E-state index in [4.69, 9.17) is 9.84 Å². The van der Waals surface area contributed by atoms with Crippen molar-refractivity contribution in [2.24, 2.45) is 0 Å².